The number of ether oxygens (including phenoxy) is 1. The molecule has 0 saturated heterocycles. The molecule has 1 aromatic carbocycles. The molecule has 0 bridgehead atoms. The average Bonchev–Trinajstić information content (AvgIpc) is 2.27. The lowest BCUT2D eigenvalue weighted by atomic mass is 9.97. The highest BCUT2D eigenvalue weighted by molar-refractivity contribution is 9.09. The van der Waals surface area contributed by atoms with Crippen molar-refractivity contribution in [1.82, 2.24) is 0 Å². The molecule has 0 heterocycles. The molecule has 1 atom stereocenters. The lowest BCUT2D eigenvalue weighted by molar-refractivity contribution is -0.152. The molecule has 3 nitrogen and oxygen atoms in total. The van der Waals surface area contributed by atoms with Gasteiger partial charge in [-0.05, 0) is 36.7 Å². The minimum absolute atomic E-state index is 0.261. The van der Waals surface area contributed by atoms with Gasteiger partial charge in [-0.2, -0.15) is 0 Å². The second-order valence-electron chi connectivity index (χ2n) is 4.70. The zero-order valence-corrected chi connectivity index (χ0v) is 11.7. The Morgan fingerprint density at radius 3 is 2.18 bits per heavy atom. The van der Waals surface area contributed by atoms with E-state index in [9.17, 15) is 9.59 Å². The number of rotatable bonds is 3. The Bertz CT molecular complexity index is 406. The van der Waals surface area contributed by atoms with Crippen LogP contribution < -0.4 is 0 Å². The van der Waals surface area contributed by atoms with E-state index in [4.69, 9.17) is 4.74 Å². The van der Waals surface area contributed by atoms with Crippen LogP contribution in [0.15, 0.2) is 30.3 Å². The molecule has 0 radical (unpaired) electrons. The van der Waals surface area contributed by atoms with Gasteiger partial charge in [-0.1, -0.05) is 30.3 Å². The average molecular weight is 299 g/mol. The van der Waals surface area contributed by atoms with Crippen molar-refractivity contribution >= 4 is 27.7 Å². The Hall–Kier alpha value is -1.16. The Morgan fingerprint density at radius 2 is 1.71 bits per heavy atom. The summed E-state index contributed by atoms with van der Waals surface area (Å²) < 4.78 is 5.06. The minimum Gasteiger partial charge on any atom is -0.442 e. The van der Waals surface area contributed by atoms with Gasteiger partial charge in [0.1, 0.15) is 0 Å². The van der Waals surface area contributed by atoms with Gasteiger partial charge >= 0.3 is 5.97 Å². The van der Waals surface area contributed by atoms with Gasteiger partial charge in [-0.3, -0.25) is 9.59 Å². The van der Waals surface area contributed by atoms with Crippen LogP contribution in [0.2, 0.25) is 0 Å². The third-order valence-corrected chi connectivity index (χ3v) is 2.69. The number of halogens is 1. The van der Waals surface area contributed by atoms with Crippen molar-refractivity contribution in [1.29, 1.82) is 0 Å². The molecular weight excluding hydrogens is 284 g/mol. The highest BCUT2D eigenvalue weighted by Gasteiger charge is 2.28. The molecule has 0 amide bonds. The molecule has 92 valence electrons. The fourth-order valence-electron chi connectivity index (χ4n) is 1.06. The summed E-state index contributed by atoms with van der Waals surface area (Å²) in [6.07, 6.45) is 0. The topological polar surface area (TPSA) is 43.4 Å². The molecule has 0 aliphatic rings. The molecule has 1 rings (SSSR count). The van der Waals surface area contributed by atoms with E-state index in [0.29, 0.717) is 5.56 Å². The molecule has 1 aromatic rings. The summed E-state index contributed by atoms with van der Waals surface area (Å²) in [4.78, 5) is 23.5. The molecular formula is C13H15BrO3. The zero-order chi connectivity index (χ0) is 13.1. The molecule has 4 heteroatoms. The van der Waals surface area contributed by atoms with Crippen LogP contribution in [0.1, 0.15) is 31.1 Å². The molecule has 0 aliphatic carbocycles. The third-order valence-electron chi connectivity index (χ3n) is 2.09. The lowest BCUT2D eigenvalue weighted by Gasteiger charge is -2.19. The Labute approximate surface area is 109 Å². The van der Waals surface area contributed by atoms with Crippen LogP contribution in [0.25, 0.3) is 0 Å². The van der Waals surface area contributed by atoms with Gasteiger partial charge in [-0.25, -0.2) is 0 Å². The molecule has 0 aliphatic heterocycles. The van der Waals surface area contributed by atoms with Crippen molar-refractivity contribution in [3.05, 3.63) is 35.9 Å². The maximum atomic E-state index is 11.9. The van der Waals surface area contributed by atoms with E-state index >= 15 is 0 Å². The monoisotopic (exact) mass is 298 g/mol. The maximum absolute atomic E-state index is 11.9. The lowest BCUT2D eigenvalue weighted by Crippen LogP contribution is -2.29. The first kappa shape index (κ1) is 13.9. The highest BCUT2D eigenvalue weighted by Crippen LogP contribution is 2.20. The summed E-state index contributed by atoms with van der Waals surface area (Å²) in [6, 6.07) is 8.71. The van der Waals surface area contributed by atoms with Gasteiger partial charge in [0.15, 0.2) is 0 Å². The number of hydrogen-bond donors (Lipinski definition) is 0. The van der Waals surface area contributed by atoms with E-state index < -0.39 is 16.4 Å². The summed E-state index contributed by atoms with van der Waals surface area (Å²) in [5.41, 5.74) is -0.112. The van der Waals surface area contributed by atoms with Crippen molar-refractivity contribution in [3.63, 3.8) is 0 Å². The van der Waals surface area contributed by atoms with Crippen molar-refractivity contribution in [2.24, 2.45) is 5.41 Å². The van der Waals surface area contributed by atoms with Crippen LogP contribution in [-0.2, 0) is 9.53 Å². The fourth-order valence-corrected chi connectivity index (χ4v) is 1.49. The fraction of sp³-hybridized carbons (Fsp3) is 0.385. The van der Waals surface area contributed by atoms with Gasteiger partial charge in [0, 0.05) is 5.56 Å². The van der Waals surface area contributed by atoms with E-state index in [1.54, 1.807) is 45.0 Å². The smallest absolute Gasteiger partial charge is 0.312 e. The van der Waals surface area contributed by atoms with E-state index in [1.165, 1.54) is 0 Å². The molecule has 0 N–H and O–H groups in total. The van der Waals surface area contributed by atoms with Crippen LogP contribution in [0.5, 0.6) is 0 Å². The van der Waals surface area contributed by atoms with Gasteiger partial charge in [-0.15, -0.1) is 0 Å². The summed E-state index contributed by atoms with van der Waals surface area (Å²) in [5.74, 6) is -0.674. The highest BCUT2D eigenvalue weighted by atomic mass is 79.9. The molecule has 1 unspecified atom stereocenters. The van der Waals surface area contributed by atoms with Crippen LogP contribution in [-0.4, -0.2) is 16.8 Å². The van der Waals surface area contributed by atoms with Crippen molar-refractivity contribution in [2.75, 3.05) is 0 Å². The summed E-state index contributed by atoms with van der Waals surface area (Å²) in [5, 5.41) is -0.934. The number of carbonyl (C=O) groups is 2. The van der Waals surface area contributed by atoms with E-state index in [1.807, 2.05) is 6.07 Å². The number of carbonyl (C=O) groups excluding carboxylic acids is 2. The summed E-state index contributed by atoms with van der Waals surface area (Å²) in [6.45, 7) is 5.21. The first-order chi connectivity index (χ1) is 7.82. The number of benzene rings is 1. The number of Topliss-reactive ketones (excluding diaryl/α,β-unsaturated/α-hetero) is 1. The standard InChI is InChI=1S/C13H15BrO3/c1-13(2,3)12(16)17-11(14)10(15)9-7-5-4-6-8-9/h4-8,11H,1-3H3. The van der Waals surface area contributed by atoms with Gasteiger partial charge in [0.2, 0.25) is 10.8 Å². The van der Waals surface area contributed by atoms with Gasteiger partial charge < -0.3 is 4.74 Å². The van der Waals surface area contributed by atoms with Gasteiger partial charge in [0.05, 0.1) is 5.41 Å². The largest absolute Gasteiger partial charge is 0.442 e. The van der Waals surface area contributed by atoms with Crippen LogP contribution >= 0.6 is 15.9 Å². The molecule has 0 saturated carbocycles. The molecule has 17 heavy (non-hydrogen) atoms. The Balaban J connectivity index is 2.69. The molecule has 0 fully saturated rings. The zero-order valence-electron chi connectivity index (χ0n) is 10.1. The van der Waals surface area contributed by atoms with Crippen molar-refractivity contribution in [3.8, 4) is 0 Å². The van der Waals surface area contributed by atoms with Crippen LogP contribution in [0.3, 0.4) is 0 Å². The molecule has 0 aromatic heterocycles. The number of alkyl halides is 1. The second-order valence-corrected chi connectivity index (χ2v) is 5.53. The van der Waals surface area contributed by atoms with E-state index in [-0.39, 0.29) is 5.78 Å². The van der Waals surface area contributed by atoms with Crippen LogP contribution in [0, 0.1) is 5.41 Å². The number of ketones is 1. The second kappa shape index (κ2) is 5.45. The first-order valence-electron chi connectivity index (χ1n) is 5.27. The van der Waals surface area contributed by atoms with E-state index in [2.05, 4.69) is 15.9 Å². The first-order valence-corrected chi connectivity index (χ1v) is 6.18. The summed E-state index contributed by atoms with van der Waals surface area (Å²) >= 11 is 3.08. The summed E-state index contributed by atoms with van der Waals surface area (Å²) in [7, 11) is 0. The Morgan fingerprint density at radius 1 is 1.18 bits per heavy atom. The molecule has 0 spiro atoms. The maximum Gasteiger partial charge on any atom is 0.312 e. The Kier molecular flexibility index (Phi) is 4.46. The number of hydrogen-bond acceptors (Lipinski definition) is 3. The predicted molar refractivity (Wildman–Crippen MR) is 69.0 cm³/mol. The van der Waals surface area contributed by atoms with Crippen LogP contribution in [0.4, 0.5) is 0 Å². The quantitative estimate of drug-likeness (QED) is 0.489. The normalized spacial score (nSPS) is 12.9. The predicted octanol–water partition coefficient (Wildman–Crippen LogP) is 3.18. The van der Waals surface area contributed by atoms with E-state index in [0.717, 1.165) is 0 Å². The van der Waals surface area contributed by atoms with Crippen molar-refractivity contribution < 1.29 is 14.3 Å². The van der Waals surface area contributed by atoms with Crippen molar-refractivity contribution in [2.45, 2.75) is 25.8 Å². The number of esters is 1. The van der Waals surface area contributed by atoms with Gasteiger partial charge in [0.25, 0.3) is 0 Å². The SMILES string of the molecule is CC(C)(C)C(=O)OC(Br)C(=O)c1ccccc1. The minimum atomic E-state index is -0.934. The third kappa shape index (κ3) is 3.97.